The van der Waals surface area contributed by atoms with Gasteiger partial charge in [0.15, 0.2) is 6.29 Å². The van der Waals surface area contributed by atoms with Crippen molar-refractivity contribution in [2.45, 2.75) is 6.10 Å². The number of aliphatic hydroxyl groups is 1. The van der Waals surface area contributed by atoms with Crippen molar-refractivity contribution in [1.82, 2.24) is 0 Å². The topological polar surface area (TPSA) is 62.0 Å². The molecule has 2 aliphatic carbocycles. The Morgan fingerprint density at radius 1 is 0.875 bits per heavy atom. The number of allylic oxidation sites excluding steroid dienone is 2. The van der Waals surface area contributed by atoms with Crippen LogP contribution in [0.2, 0.25) is 0 Å². The van der Waals surface area contributed by atoms with E-state index in [-0.39, 0.29) is 5.71 Å². The first-order chi connectivity index (χ1) is 11.8. The van der Waals surface area contributed by atoms with Crippen LogP contribution in [0.25, 0.3) is 11.1 Å². The molecule has 1 unspecified atom stereocenters. The predicted molar refractivity (Wildman–Crippen MR) is 94.2 cm³/mol. The summed E-state index contributed by atoms with van der Waals surface area (Å²) >= 11 is 0. The summed E-state index contributed by atoms with van der Waals surface area (Å²) in [4.78, 5) is 11.2. The summed E-state index contributed by atoms with van der Waals surface area (Å²) < 4.78 is 0. The Labute approximate surface area is 139 Å². The summed E-state index contributed by atoms with van der Waals surface area (Å²) in [5.41, 5.74) is 5.59. The largest absolute Gasteiger partial charge is 0.383 e. The van der Waals surface area contributed by atoms with Gasteiger partial charge in [0.05, 0.1) is 0 Å². The molecule has 4 nitrogen and oxygen atoms in total. The first-order valence-corrected chi connectivity index (χ1v) is 7.66. The Hall–Kier alpha value is -3.11. The highest BCUT2D eigenvalue weighted by Gasteiger charge is 2.24. The molecule has 0 fully saturated rings. The minimum Gasteiger partial charge on any atom is -0.383 e. The number of carbonyl (C=O) groups excluding carboxylic acids is 1. The first kappa shape index (κ1) is 14.5. The average molecular weight is 314 g/mol. The fourth-order valence-corrected chi connectivity index (χ4v) is 3.03. The van der Waals surface area contributed by atoms with E-state index in [0.29, 0.717) is 11.9 Å². The van der Waals surface area contributed by atoms with Crippen LogP contribution in [0.4, 0.5) is 0 Å². The SMILES string of the molecule is O=CC1=CC=CC(O)C1=NN=C1c2ccccc2-c2ccccc21. The number of nitrogens with zero attached hydrogens (tertiary/aromatic N) is 2. The molecular weight excluding hydrogens is 300 g/mol. The number of hydrogen-bond acceptors (Lipinski definition) is 4. The van der Waals surface area contributed by atoms with Gasteiger partial charge in [0.1, 0.15) is 17.5 Å². The third-order valence-electron chi connectivity index (χ3n) is 4.18. The van der Waals surface area contributed by atoms with Crippen molar-refractivity contribution < 1.29 is 9.90 Å². The smallest absolute Gasteiger partial charge is 0.152 e. The van der Waals surface area contributed by atoms with Gasteiger partial charge in [0.25, 0.3) is 0 Å². The average Bonchev–Trinajstić information content (AvgIpc) is 2.95. The van der Waals surface area contributed by atoms with E-state index in [2.05, 4.69) is 22.3 Å². The van der Waals surface area contributed by atoms with Gasteiger partial charge in [0.2, 0.25) is 0 Å². The Morgan fingerprint density at radius 3 is 2.04 bits per heavy atom. The molecule has 2 aromatic rings. The molecule has 116 valence electrons. The van der Waals surface area contributed by atoms with E-state index in [1.165, 1.54) is 0 Å². The molecule has 0 spiro atoms. The Kier molecular flexibility index (Phi) is 3.52. The van der Waals surface area contributed by atoms with Gasteiger partial charge in [-0.15, -0.1) is 5.10 Å². The van der Waals surface area contributed by atoms with Crippen molar-refractivity contribution in [2.24, 2.45) is 10.2 Å². The molecule has 0 radical (unpaired) electrons. The first-order valence-electron chi connectivity index (χ1n) is 7.66. The second-order valence-electron chi connectivity index (χ2n) is 5.59. The summed E-state index contributed by atoms with van der Waals surface area (Å²) in [5.74, 6) is 0. The van der Waals surface area contributed by atoms with Crippen LogP contribution in [0, 0.1) is 0 Å². The van der Waals surface area contributed by atoms with Crippen molar-refractivity contribution in [3.05, 3.63) is 83.5 Å². The van der Waals surface area contributed by atoms with Gasteiger partial charge in [-0.2, -0.15) is 5.10 Å². The van der Waals surface area contributed by atoms with Gasteiger partial charge in [-0.25, -0.2) is 0 Å². The van der Waals surface area contributed by atoms with E-state index in [1.807, 2.05) is 36.4 Å². The van der Waals surface area contributed by atoms with Crippen LogP contribution in [0.15, 0.2) is 82.5 Å². The lowest BCUT2D eigenvalue weighted by molar-refractivity contribution is -0.104. The molecule has 24 heavy (non-hydrogen) atoms. The monoisotopic (exact) mass is 314 g/mol. The molecule has 0 saturated heterocycles. The summed E-state index contributed by atoms with van der Waals surface area (Å²) in [5, 5.41) is 18.6. The number of benzene rings is 2. The molecule has 1 atom stereocenters. The predicted octanol–water partition coefficient (Wildman–Crippen LogP) is 2.92. The van der Waals surface area contributed by atoms with E-state index in [9.17, 15) is 9.90 Å². The van der Waals surface area contributed by atoms with E-state index >= 15 is 0 Å². The van der Waals surface area contributed by atoms with Gasteiger partial charge < -0.3 is 5.11 Å². The van der Waals surface area contributed by atoms with Crippen LogP contribution in [-0.2, 0) is 4.79 Å². The van der Waals surface area contributed by atoms with Crippen LogP contribution in [0.3, 0.4) is 0 Å². The summed E-state index contributed by atoms with van der Waals surface area (Å²) in [6, 6.07) is 16.0. The zero-order valence-electron chi connectivity index (χ0n) is 12.8. The molecule has 0 saturated carbocycles. The maximum Gasteiger partial charge on any atom is 0.152 e. The molecule has 0 aromatic heterocycles. The van der Waals surface area contributed by atoms with Gasteiger partial charge in [-0.3, -0.25) is 4.79 Å². The van der Waals surface area contributed by atoms with Crippen LogP contribution in [0.5, 0.6) is 0 Å². The number of aliphatic hydroxyl groups excluding tert-OH is 1. The standard InChI is InChI=1S/C20H14N2O2/c23-12-13-6-5-11-18(24)19(13)21-22-20-16-9-3-1-7-14(16)15-8-2-4-10-17(15)20/h1-12,18,24H. The Balaban J connectivity index is 1.86. The molecule has 0 heterocycles. The minimum atomic E-state index is -0.925. The van der Waals surface area contributed by atoms with E-state index in [0.717, 1.165) is 28.0 Å². The van der Waals surface area contributed by atoms with Gasteiger partial charge in [0, 0.05) is 16.7 Å². The molecule has 0 amide bonds. The van der Waals surface area contributed by atoms with E-state index in [4.69, 9.17) is 0 Å². The maximum atomic E-state index is 11.2. The Bertz CT molecular complexity index is 904. The van der Waals surface area contributed by atoms with Gasteiger partial charge >= 0.3 is 0 Å². The van der Waals surface area contributed by atoms with Crippen molar-refractivity contribution in [3.8, 4) is 11.1 Å². The summed E-state index contributed by atoms with van der Waals surface area (Å²) in [7, 11) is 0. The number of aldehydes is 1. The van der Waals surface area contributed by atoms with Gasteiger partial charge in [-0.1, -0.05) is 60.7 Å². The molecule has 0 bridgehead atoms. The van der Waals surface area contributed by atoms with E-state index in [1.54, 1.807) is 18.2 Å². The third-order valence-corrected chi connectivity index (χ3v) is 4.18. The number of hydrogen-bond donors (Lipinski definition) is 1. The highest BCUT2D eigenvalue weighted by atomic mass is 16.3. The minimum absolute atomic E-state index is 0.266. The van der Waals surface area contributed by atoms with Crippen LogP contribution in [0.1, 0.15) is 11.1 Å². The second-order valence-corrected chi connectivity index (χ2v) is 5.59. The number of rotatable bonds is 2. The summed E-state index contributed by atoms with van der Waals surface area (Å²) in [6.07, 6.45) is 4.59. The lowest BCUT2D eigenvalue weighted by Gasteiger charge is -2.11. The normalized spacial score (nSPS) is 19.7. The second kappa shape index (κ2) is 5.83. The zero-order valence-corrected chi connectivity index (χ0v) is 12.8. The van der Waals surface area contributed by atoms with Crippen molar-refractivity contribution >= 4 is 17.7 Å². The number of carbonyl (C=O) groups is 1. The van der Waals surface area contributed by atoms with Crippen LogP contribution in [-0.4, -0.2) is 28.9 Å². The molecular formula is C20H14N2O2. The van der Waals surface area contributed by atoms with Crippen molar-refractivity contribution in [2.75, 3.05) is 0 Å². The van der Waals surface area contributed by atoms with Crippen molar-refractivity contribution in [3.63, 3.8) is 0 Å². The molecule has 4 rings (SSSR count). The Morgan fingerprint density at radius 2 is 1.46 bits per heavy atom. The molecule has 1 N–H and O–H groups in total. The third kappa shape index (κ3) is 2.25. The molecule has 4 heteroatoms. The van der Waals surface area contributed by atoms with Crippen LogP contribution < -0.4 is 0 Å². The van der Waals surface area contributed by atoms with Gasteiger partial charge in [-0.05, 0) is 17.2 Å². The lowest BCUT2D eigenvalue weighted by atomic mass is 10.0. The maximum absolute atomic E-state index is 11.2. The highest BCUT2D eigenvalue weighted by molar-refractivity contribution is 6.25. The highest BCUT2D eigenvalue weighted by Crippen LogP contribution is 2.36. The molecule has 2 aromatic carbocycles. The lowest BCUT2D eigenvalue weighted by Crippen LogP contribution is -2.23. The zero-order chi connectivity index (χ0) is 16.5. The van der Waals surface area contributed by atoms with E-state index < -0.39 is 6.10 Å². The fraction of sp³-hybridized carbons (Fsp3) is 0.0500. The number of fused-ring (bicyclic) bond motifs is 3. The molecule has 0 aliphatic heterocycles. The summed E-state index contributed by atoms with van der Waals surface area (Å²) in [6.45, 7) is 0. The molecule has 2 aliphatic rings. The fourth-order valence-electron chi connectivity index (χ4n) is 3.03. The quantitative estimate of drug-likeness (QED) is 0.584. The van der Waals surface area contributed by atoms with Crippen LogP contribution >= 0.6 is 0 Å². The van der Waals surface area contributed by atoms with Crippen molar-refractivity contribution in [1.29, 1.82) is 0 Å².